The molecule has 46 heavy (non-hydrogen) atoms. The Labute approximate surface area is 272 Å². The number of hydrogen-bond acceptors (Lipinski definition) is 8. The van der Waals surface area contributed by atoms with Crippen molar-refractivity contribution in [3.8, 4) is 0 Å². The quantitative estimate of drug-likeness (QED) is 0.137. The van der Waals surface area contributed by atoms with Gasteiger partial charge in [0.15, 0.2) is 18.4 Å². The largest absolute Gasteiger partial charge is 0.459 e. The van der Waals surface area contributed by atoms with Crippen LogP contribution in [0, 0.1) is 0 Å². The van der Waals surface area contributed by atoms with Crippen molar-refractivity contribution in [3.63, 3.8) is 0 Å². The van der Waals surface area contributed by atoms with Crippen LogP contribution in [0.4, 0.5) is 0 Å². The molecule has 1 aliphatic rings. The highest BCUT2D eigenvalue weighted by atomic mass is 35.5. The maximum atomic E-state index is 13.8. The summed E-state index contributed by atoms with van der Waals surface area (Å²) in [5.74, 6) is -2.12. The summed E-state index contributed by atoms with van der Waals surface area (Å²) in [6.07, 6.45) is -3.63. The van der Waals surface area contributed by atoms with Crippen molar-refractivity contribution in [1.82, 2.24) is 4.57 Å². The van der Waals surface area contributed by atoms with E-state index in [1.54, 1.807) is 103 Å². The van der Waals surface area contributed by atoms with Crippen LogP contribution in [0.3, 0.4) is 0 Å². The van der Waals surface area contributed by atoms with Gasteiger partial charge >= 0.3 is 17.9 Å². The predicted octanol–water partition coefficient (Wildman–Crippen LogP) is 6.51. The topological polar surface area (TPSA) is 110 Å². The third kappa shape index (κ3) is 6.53. The van der Waals surface area contributed by atoms with Crippen molar-refractivity contribution < 1.29 is 33.3 Å². The highest BCUT2D eigenvalue weighted by molar-refractivity contribution is 6.42. The Hall–Kier alpha value is -4.96. The Morgan fingerprint density at radius 3 is 1.74 bits per heavy atom. The molecule has 4 atom stereocenters. The Balaban J connectivity index is 1.40. The summed E-state index contributed by atoms with van der Waals surface area (Å²) < 4.78 is 25.0. The lowest BCUT2D eigenvalue weighted by molar-refractivity contribution is -0.0632. The zero-order valence-corrected chi connectivity index (χ0v) is 25.5. The fourth-order valence-corrected chi connectivity index (χ4v) is 5.47. The molecule has 0 aliphatic carbocycles. The predicted molar refractivity (Wildman–Crippen MR) is 170 cm³/mol. The van der Waals surface area contributed by atoms with Crippen molar-refractivity contribution in [2.45, 2.75) is 24.5 Å². The maximum Gasteiger partial charge on any atom is 0.338 e. The van der Waals surface area contributed by atoms with Gasteiger partial charge < -0.3 is 18.9 Å². The highest BCUT2D eigenvalue weighted by Gasteiger charge is 2.51. The average molecular weight is 658 g/mol. The molecule has 0 radical (unpaired) electrons. The van der Waals surface area contributed by atoms with Gasteiger partial charge in [-0.15, -0.1) is 0 Å². The number of benzene rings is 4. The van der Waals surface area contributed by atoms with Crippen molar-refractivity contribution in [2.75, 3.05) is 6.61 Å². The number of aromatic nitrogens is 1. The van der Waals surface area contributed by atoms with E-state index in [1.165, 1.54) is 16.8 Å². The normalized spacial score (nSPS) is 19.0. The number of pyridine rings is 1. The van der Waals surface area contributed by atoms with Crippen LogP contribution in [-0.4, -0.2) is 47.4 Å². The molecule has 1 fully saturated rings. The fourth-order valence-electron chi connectivity index (χ4n) is 5.13. The summed E-state index contributed by atoms with van der Waals surface area (Å²) >= 11 is 12.4. The van der Waals surface area contributed by atoms with Gasteiger partial charge in [-0.25, -0.2) is 14.4 Å². The molecule has 0 N–H and O–H groups in total. The average Bonchev–Trinajstić information content (AvgIpc) is 3.41. The molecule has 0 amide bonds. The number of esters is 3. The second kappa shape index (κ2) is 13.6. The standard InChI is InChI=1S/C35H25Cl2NO8/c36-26-18-24-16-17-38(31(39)25(24)19-27(26)37)32-30(46-35(42)23-14-8-3-9-15-23)29(45-34(41)22-12-6-2-7-13-22)28(44-32)20-43-33(40)21-10-4-1-5-11-21/h1-19,28-30,32H,20H2/t28-,29+,30-,32-/m1/s1. The van der Waals surface area contributed by atoms with Crippen molar-refractivity contribution >= 4 is 51.9 Å². The van der Waals surface area contributed by atoms with Crippen molar-refractivity contribution in [2.24, 2.45) is 0 Å². The van der Waals surface area contributed by atoms with Crippen LogP contribution in [0.15, 0.2) is 120 Å². The summed E-state index contributed by atoms with van der Waals surface area (Å²) in [7, 11) is 0. The van der Waals surface area contributed by atoms with E-state index >= 15 is 0 Å². The number of carbonyl (C=O) groups is 3. The lowest BCUT2D eigenvalue weighted by Crippen LogP contribution is -2.42. The number of ether oxygens (including phenoxy) is 4. The molecule has 232 valence electrons. The van der Waals surface area contributed by atoms with Gasteiger partial charge in [-0.2, -0.15) is 0 Å². The van der Waals surface area contributed by atoms with E-state index in [0.29, 0.717) is 10.9 Å². The molecule has 1 aromatic heterocycles. The summed E-state index contributed by atoms with van der Waals surface area (Å²) in [5, 5.41) is 1.19. The first kappa shape index (κ1) is 31.0. The molecule has 0 bridgehead atoms. The molecule has 1 saturated heterocycles. The smallest absolute Gasteiger partial charge is 0.338 e. The molecule has 0 spiro atoms. The molecule has 2 heterocycles. The minimum Gasteiger partial charge on any atom is -0.459 e. The molecule has 0 saturated carbocycles. The van der Waals surface area contributed by atoms with E-state index in [9.17, 15) is 19.2 Å². The molecule has 6 rings (SSSR count). The van der Waals surface area contributed by atoms with E-state index < -0.39 is 48.0 Å². The molecule has 5 aromatic rings. The first-order valence-electron chi connectivity index (χ1n) is 14.2. The Morgan fingerprint density at radius 2 is 1.17 bits per heavy atom. The number of carbonyl (C=O) groups excluding carboxylic acids is 3. The summed E-state index contributed by atoms with van der Waals surface area (Å²) in [5.41, 5.74) is 0.217. The Bertz CT molecular complexity index is 1950. The number of rotatable bonds is 8. The van der Waals surface area contributed by atoms with Crippen LogP contribution >= 0.6 is 23.2 Å². The zero-order valence-electron chi connectivity index (χ0n) is 24.0. The van der Waals surface area contributed by atoms with E-state index in [4.69, 9.17) is 42.1 Å². The SMILES string of the molecule is O=C(OC[C@H]1O[C@@H](n2ccc3cc(Cl)c(Cl)cc3c2=O)[C@H](OC(=O)c2ccccc2)[C@H]1OC(=O)c1ccccc1)c1ccccc1. The lowest BCUT2D eigenvalue weighted by Gasteiger charge is -2.25. The van der Waals surface area contributed by atoms with Crippen LogP contribution in [0.1, 0.15) is 37.3 Å². The summed E-state index contributed by atoms with van der Waals surface area (Å²) in [6.45, 7) is -0.389. The monoisotopic (exact) mass is 657 g/mol. The minimum atomic E-state index is -1.35. The molecule has 9 nitrogen and oxygen atoms in total. The molecular formula is C35H25Cl2NO8. The van der Waals surface area contributed by atoms with Gasteiger partial charge in [0, 0.05) is 11.6 Å². The summed E-state index contributed by atoms with van der Waals surface area (Å²) in [6, 6.07) is 29.3. The molecule has 4 aromatic carbocycles. The Kier molecular flexibility index (Phi) is 9.16. The van der Waals surface area contributed by atoms with Gasteiger partial charge in [0.1, 0.15) is 12.7 Å². The highest BCUT2D eigenvalue weighted by Crippen LogP contribution is 2.36. The number of hydrogen-bond donors (Lipinski definition) is 0. The summed E-state index contributed by atoms with van der Waals surface area (Å²) in [4.78, 5) is 53.4. The lowest BCUT2D eigenvalue weighted by atomic mass is 10.1. The van der Waals surface area contributed by atoms with Crippen LogP contribution in [0.2, 0.25) is 10.0 Å². The van der Waals surface area contributed by atoms with Gasteiger partial charge in [0.2, 0.25) is 0 Å². The first-order chi connectivity index (χ1) is 22.3. The second-order valence-electron chi connectivity index (χ2n) is 10.4. The van der Waals surface area contributed by atoms with Gasteiger partial charge in [-0.1, -0.05) is 77.8 Å². The third-order valence-electron chi connectivity index (χ3n) is 7.43. The number of halogens is 2. The van der Waals surface area contributed by atoms with Gasteiger partial charge in [-0.3, -0.25) is 9.36 Å². The van der Waals surface area contributed by atoms with Crippen LogP contribution in [0.5, 0.6) is 0 Å². The van der Waals surface area contributed by atoms with Crippen LogP contribution in [-0.2, 0) is 18.9 Å². The van der Waals surface area contributed by atoms with E-state index in [-0.39, 0.29) is 33.2 Å². The first-order valence-corrected chi connectivity index (χ1v) is 15.0. The van der Waals surface area contributed by atoms with E-state index in [1.807, 2.05) is 0 Å². The van der Waals surface area contributed by atoms with Gasteiger partial charge in [0.25, 0.3) is 5.56 Å². The van der Waals surface area contributed by atoms with E-state index in [2.05, 4.69) is 0 Å². The number of fused-ring (bicyclic) bond motifs is 1. The maximum absolute atomic E-state index is 13.8. The van der Waals surface area contributed by atoms with Crippen molar-refractivity contribution in [1.29, 1.82) is 0 Å². The van der Waals surface area contributed by atoms with Gasteiger partial charge in [-0.05, 0) is 60.0 Å². The van der Waals surface area contributed by atoms with E-state index in [0.717, 1.165) is 0 Å². The van der Waals surface area contributed by atoms with Crippen LogP contribution < -0.4 is 5.56 Å². The molecule has 1 aliphatic heterocycles. The van der Waals surface area contributed by atoms with Crippen molar-refractivity contribution in [3.05, 3.63) is 152 Å². The van der Waals surface area contributed by atoms with Crippen LogP contribution in [0.25, 0.3) is 10.8 Å². The minimum absolute atomic E-state index is 0.170. The third-order valence-corrected chi connectivity index (χ3v) is 8.15. The second-order valence-corrected chi connectivity index (χ2v) is 11.2. The Morgan fingerprint density at radius 1 is 0.674 bits per heavy atom. The zero-order chi connectivity index (χ0) is 32.2. The molecular weight excluding hydrogens is 633 g/mol. The number of nitrogens with zero attached hydrogens (tertiary/aromatic N) is 1. The molecule has 11 heteroatoms. The molecule has 0 unspecified atom stereocenters. The fraction of sp³-hybridized carbons (Fsp3) is 0.143. The van der Waals surface area contributed by atoms with Gasteiger partial charge in [0.05, 0.1) is 26.7 Å².